The van der Waals surface area contributed by atoms with Gasteiger partial charge in [0.1, 0.15) is 11.6 Å². The summed E-state index contributed by atoms with van der Waals surface area (Å²) >= 11 is 6.09. The summed E-state index contributed by atoms with van der Waals surface area (Å²) < 4.78 is 5.06. The molecule has 2 rings (SSSR count). The van der Waals surface area contributed by atoms with Crippen LogP contribution in [0.15, 0.2) is 30.5 Å². The molecule has 0 unspecified atom stereocenters. The first kappa shape index (κ1) is 10.7. The maximum absolute atomic E-state index is 6.09. The molecule has 2 N–H and O–H groups in total. The fourth-order valence-corrected chi connectivity index (χ4v) is 1.56. The van der Waals surface area contributed by atoms with Crippen molar-refractivity contribution in [1.29, 1.82) is 0 Å². The lowest BCUT2D eigenvalue weighted by Crippen LogP contribution is -1.95. The van der Waals surface area contributed by atoms with Crippen molar-refractivity contribution in [2.24, 2.45) is 0 Å². The Morgan fingerprint density at radius 2 is 2.12 bits per heavy atom. The fourth-order valence-electron chi connectivity index (χ4n) is 1.31. The van der Waals surface area contributed by atoms with E-state index in [1.807, 2.05) is 0 Å². The normalized spacial score (nSPS) is 10.1. The van der Waals surface area contributed by atoms with E-state index in [4.69, 9.17) is 22.1 Å². The number of rotatable bonds is 2. The first-order valence-electron chi connectivity index (χ1n) is 4.63. The summed E-state index contributed by atoms with van der Waals surface area (Å²) in [6.45, 7) is 0. The van der Waals surface area contributed by atoms with Gasteiger partial charge in [0.05, 0.1) is 12.1 Å². The van der Waals surface area contributed by atoms with Crippen molar-refractivity contribution in [2.75, 3.05) is 12.8 Å². The molecule has 0 fully saturated rings. The Kier molecular flexibility index (Phi) is 2.92. The number of methoxy groups -OCH3 is 1. The van der Waals surface area contributed by atoms with E-state index in [1.54, 1.807) is 37.6 Å². The van der Waals surface area contributed by atoms with Crippen molar-refractivity contribution in [3.8, 4) is 17.1 Å². The molecule has 1 aromatic carbocycles. The van der Waals surface area contributed by atoms with Crippen molar-refractivity contribution in [3.63, 3.8) is 0 Å². The maximum Gasteiger partial charge on any atom is 0.162 e. The lowest BCUT2D eigenvalue weighted by atomic mass is 10.2. The summed E-state index contributed by atoms with van der Waals surface area (Å²) in [4.78, 5) is 8.21. The quantitative estimate of drug-likeness (QED) is 0.868. The number of nitrogens with two attached hydrogens (primary N) is 1. The number of benzene rings is 1. The van der Waals surface area contributed by atoms with Crippen LogP contribution in [-0.2, 0) is 0 Å². The standard InChI is InChI=1S/C11H10ClN3O/c1-16-7-2-3-8(9(12)6-7)11-14-5-4-10(13)15-11/h2-6H,1H3,(H2,13,14,15). The molecule has 0 amide bonds. The van der Waals surface area contributed by atoms with Crippen molar-refractivity contribution in [1.82, 2.24) is 9.97 Å². The van der Waals surface area contributed by atoms with Crippen molar-refractivity contribution >= 4 is 17.4 Å². The number of anilines is 1. The summed E-state index contributed by atoms with van der Waals surface area (Å²) in [6.07, 6.45) is 1.60. The van der Waals surface area contributed by atoms with Gasteiger partial charge in [-0.05, 0) is 24.3 Å². The zero-order valence-electron chi connectivity index (χ0n) is 8.64. The highest BCUT2D eigenvalue weighted by Gasteiger charge is 2.07. The van der Waals surface area contributed by atoms with Gasteiger partial charge in [-0.1, -0.05) is 11.6 Å². The van der Waals surface area contributed by atoms with Crippen molar-refractivity contribution < 1.29 is 4.74 Å². The molecule has 82 valence electrons. The van der Waals surface area contributed by atoms with Gasteiger partial charge in [0.2, 0.25) is 0 Å². The zero-order chi connectivity index (χ0) is 11.5. The maximum atomic E-state index is 6.09. The molecule has 16 heavy (non-hydrogen) atoms. The lowest BCUT2D eigenvalue weighted by molar-refractivity contribution is 0.415. The molecule has 4 nitrogen and oxygen atoms in total. The number of hydrogen-bond donors (Lipinski definition) is 1. The number of halogens is 1. The Balaban J connectivity index is 2.48. The lowest BCUT2D eigenvalue weighted by Gasteiger charge is -2.05. The average Bonchev–Trinajstić information content (AvgIpc) is 2.28. The van der Waals surface area contributed by atoms with E-state index in [1.165, 1.54) is 0 Å². The van der Waals surface area contributed by atoms with Crippen LogP contribution < -0.4 is 10.5 Å². The van der Waals surface area contributed by atoms with Crippen LogP contribution in [0.25, 0.3) is 11.4 Å². The van der Waals surface area contributed by atoms with E-state index in [9.17, 15) is 0 Å². The molecule has 1 aromatic heterocycles. The zero-order valence-corrected chi connectivity index (χ0v) is 9.40. The molecule has 0 spiro atoms. The van der Waals surface area contributed by atoms with Crippen LogP contribution in [0.5, 0.6) is 5.75 Å². The van der Waals surface area contributed by atoms with Gasteiger partial charge in [0.15, 0.2) is 5.82 Å². The molecule has 0 atom stereocenters. The van der Waals surface area contributed by atoms with E-state index >= 15 is 0 Å². The molecule has 0 bridgehead atoms. The predicted molar refractivity (Wildman–Crippen MR) is 63.4 cm³/mol. The Hall–Kier alpha value is -1.81. The molecule has 2 aromatic rings. The highest BCUT2D eigenvalue weighted by atomic mass is 35.5. The van der Waals surface area contributed by atoms with Crippen LogP contribution in [0.4, 0.5) is 5.82 Å². The molecule has 0 aliphatic carbocycles. The minimum Gasteiger partial charge on any atom is -0.497 e. The second-order valence-electron chi connectivity index (χ2n) is 3.15. The van der Waals surface area contributed by atoms with Crippen molar-refractivity contribution in [3.05, 3.63) is 35.5 Å². The second kappa shape index (κ2) is 4.37. The third kappa shape index (κ3) is 2.06. The summed E-state index contributed by atoms with van der Waals surface area (Å²) in [5.41, 5.74) is 6.31. The third-order valence-electron chi connectivity index (χ3n) is 2.09. The van der Waals surface area contributed by atoms with Crippen LogP contribution >= 0.6 is 11.6 Å². The Morgan fingerprint density at radius 1 is 1.31 bits per heavy atom. The minimum atomic E-state index is 0.414. The number of hydrogen-bond acceptors (Lipinski definition) is 4. The van der Waals surface area contributed by atoms with E-state index in [-0.39, 0.29) is 0 Å². The SMILES string of the molecule is COc1ccc(-c2nccc(N)n2)c(Cl)c1. The largest absolute Gasteiger partial charge is 0.497 e. The molecule has 0 aliphatic heterocycles. The molecule has 1 heterocycles. The van der Waals surface area contributed by atoms with E-state index < -0.39 is 0 Å². The van der Waals surface area contributed by atoms with Gasteiger partial charge >= 0.3 is 0 Å². The van der Waals surface area contributed by atoms with E-state index in [0.717, 1.165) is 5.56 Å². The summed E-state index contributed by atoms with van der Waals surface area (Å²) in [6, 6.07) is 6.94. The highest BCUT2D eigenvalue weighted by Crippen LogP contribution is 2.28. The van der Waals surface area contributed by atoms with Gasteiger partial charge in [-0.2, -0.15) is 0 Å². The number of nitrogen functional groups attached to an aromatic ring is 1. The number of aromatic nitrogens is 2. The van der Waals surface area contributed by atoms with Crippen LogP contribution in [0.3, 0.4) is 0 Å². The van der Waals surface area contributed by atoms with Gasteiger partial charge in [0, 0.05) is 11.8 Å². The topological polar surface area (TPSA) is 61.0 Å². The molecule has 0 saturated carbocycles. The molecule has 0 radical (unpaired) electrons. The van der Waals surface area contributed by atoms with Crippen molar-refractivity contribution in [2.45, 2.75) is 0 Å². The van der Waals surface area contributed by atoms with Gasteiger partial charge in [-0.3, -0.25) is 0 Å². The molecule has 0 aliphatic rings. The van der Waals surface area contributed by atoms with E-state index in [0.29, 0.717) is 22.4 Å². The Bertz CT molecular complexity index is 516. The fraction of sp³-hybridized carbons (Fsp3) is 0.0909. The predicted octanol–water partition coefficient (Wildman–Crippen LogP) is 2.39. The first-order chi connectivity index (χ1) is 7.70. The second-order valence-corrected chi connectivity index (χ2v) is 3.56. The molecule has 0 saturated heterocycles. The number of ether oxygens (including phenoxy) is 1. The monoisotopic (exact) mass is 235 g/mol. The van der Waals surface area contributed by atoms with Crippen LogP contribution in [0.2, 0.25) is 5.02 Å². The smallest absolute Gasteiger partial charge is 0.162 e. The summed E-state index contributed by atoms with van der Waals surface area (Å²) in [5, 5.41) is 0.532. The van der Waals surface area contributed by atoms with Gasteiger partial charge < -0.3 is 10.5 Å². The van der Waals surface area contributed by atoms with Gasteiger partial charge in [-0.25, -0.2) is 9.97 Å². The van der Waals surface area contributed by atoms with Crippen LogP contribution in [-0.4, -0.2) is 17.1 Å². The molecular formula is C11H10ClN3O. The average molecular weight is 236 g/mol. The molecule has 5 heteroatoms. The summed E-state index contributed by atoms with van der Waals surface area (Å²) in [5.74, 6) is 1.61. The third-order valence-corrected chi connectivity index (χ3v) is 2.41. The first-order valence-corrected chi connectivity index (χ1v) is 5.01. The number of nitrogens with zero attached hydrogens (tertiary/aromatic N) is 2. The minimum absolute atomic E-state index is 0.414. The Labute approximate surface area is 98.0 Å². The van der Waals surface area contributed by atoms with Crippen LogP contribution in [0.1, 0.15) is 0 Å². The Morgan fingerprint density at radius 3 is 2.75 bits per heavy atom. The van der Waals surface area contributed by atoms with Gasteiger partial charge in [-0.15, -0.1) is 0 Å². The molecular weight excluding hydrogens is 226 g/mol. The van der Waals surface area contributed by atoms with Crippen LogP contribution in [0, 0.1) is 0 Å². The summed E-state index contributed by atoms with van der Waals surface area (Å²) in [7, 11) is 1.59. The van der Waals surface area contributed by atoms with Gasteiger partial charge in [0.25, 0.3) is 0 Å². The highest BCUT2D eigenvalue weighted by molar-refractivity contribution is 6.33. The van der Waals surface area contributed by atoms with E-state index in [2.05, 4.69) is 9.97 Å².